The quantitative estimate of drug-likeness (QED) is 0.173. The normalized spacial score (nSPS) is 18.4. The van der Waals surface area contributed by atoms with Gasteiger partial charge in [0.25, 0.3) is 5.91 Å². The summed E-state index contributed by atoms with van der Waals surface area (Å²) in [7, 11) is -4.57. The topological polar surface area (TPSA) is 133 Å². The second-order valence-corrected chi connectivity index (χ2v) is 11.7. The Bertz CT molecular complexity index is 1310. The zero-order valence-corrected chi connectivity index (χ0v) is 24.0. The Morgan fingerprint density at radius 3 is 2.40 bits per heavy atom. The zero-order valence-electron chi connectivity index (χ0n) is 22.3. The number of nitrogens with zero attached hydrogens (tertiary/aromatic N) is 1. The summed E-state index contributed by atoms with van der Waals surface area (Å²) < 4.78 is 30.7. The van der Waals surface area contributed by atoms with Gasteiger partial charge in [-0.25, -0.2) is 4.39 Å². The lowest BCUT2D eigenvalue weighted by Gasteiger charge is -2.22. The molecule has 1 saturated carbocycles. The van der Waals surface area contributed by atoms with E-state index in [1.54, 1.807) is 29.2 Å². The average molecular weight is 595 g/mol. The summed E-state index contributed by atoms with van der Waals surface area (Å²) in [4.78, 5) is 57.5. The Morgan fingerprint density at radius 2 is 1.80 bits per heavy atom. The van der Waals surface area contributed by atoms with Gasteiger partial charge in [-0.05, 0) is 48.6 Å². The number of benzene rings is 2. The van der Waals surface area contributed by atoms with Gasteiger partial charge in [0.2, 0.25) is 5.91 Å². The number of esters is 1. The molecule has 1 aliphatic carbocycles. The highest BCUT2D eigenvalue weighted by atomic mass is 35.5. The zero-order chi connectivity index (χ0) is 29.5. The van der Waals surface area contributed by atoms with Crippen molar-refractivity contribution in [3.8, 4) is 11.1 Å². The summed E-state index contributed by atoms with van der Waals surface area (Å²) in [6.07, 6.45) is 2.34. The summed E-state index contributed by atoms with van der Waals surface area (Å²) in [6.45, 7) is 4.56. The van der Waals surface area contributed by atoms with E-state index in [2.05, 4.69) is 5.32 Å². The molecule has 0 saturated heterocycles. The fraction of sp³-hybridized carbons (Fsp3) is 0.393. The van der Waals surface area contributed by atoms with Gasteiger partial charge in [-0.15, -0.1) is 0 Å². The Hall–Kier alpha value is -3.04. The molecule has 3 N–H and O–H groups in total. The molecule has 9 nitrogen and oxygen atoms in total. The van der Waals surface area contributed by atoms with Gasteiger partial charge in [-0.3, -0.25) is 18.9 Å². The maximum absolute atomic E-state index is 14.3. The van der Waals surface area contributed by atoms with Crippen LogP contribution >= 0.6 is 19.2 Å². The smallest absolute Gasteiger partial charge is 0.349 e. The first-order valence-corrected chi connectivity index (χ1v) is 15.0. The monoisotopic (exact) mass is 594 g/mol. The van der Waals surface area contributed by atoms with Crippen LogP contribution in [0.5, 0.6) is 0 Å². The fourth-order valence-electron chi connectivity index (χ4n) is 4.63. The highest BCUT2D eigenvalue weighted by Gasteiger charge is 2.57. The molecule has 1 fully saturated rings. The largest absolute Gasteiger partial charge is 0.455 e. The number of ether oxygens (including phenoxy) is 1. The minimum atomic E-state index is -4.57. The molecule has 216 valence electrons. The fourth-order valence-corrected chi connectivity index (χ4v) is 5.13. The number of amides is 2. The highest BCUT2D eigenvalue weighted by Crippen LogP contribution is 2.54. The van der Waals surface area contributed by atoms with Crippen molar-refractivity contribution in [3.63, 3.8) is 0 Å². The lowest BCUT2D eigenvalue weighted by Crippen LogP contribution is -2.40. The first kappa shape index (κ1) is 31.5. The number of hydrogen-bond acceptors (Lipinski definition) is 5. The second kappa shape index (κ2) is 13.5. The van der Waals surface area contributed by atoms with Crippen molar-refractivity contribution in [3.05, 3.63) is 70.8 Å². The lowest BCUT2D eigenvalue weighted by molar-refractivity contribution is -0.152. The summed E-state index contributed by atoms with van der Waals surface area (Å²) in [5.41, 5.74) is 0.577. The molecule has 3 rings (SSSR count). The highest BCUT2D eigenvalue weighted by molar-refractivity contribution is 7.55. The number of nitrogens with one attached hydrogen (secondary N) is 1. The molecule has 0 heterocycles. The molecule has 1 aliphatic rings. The average Bonchev–Trinajstić information content (AvgIpc) is 3.59. The third-order valence-corrected chi connectivity index (χ3v) is 7.35. The summed E-state index contributed by atoms with van der Waals surface area (Å²) in [6, 6.07) is 11.2. The standard InChI is InChI=1S/C28H33ClFN2O7P/c1-3-12-32(13-4-2)26(34)18-39-27(35)17-28(31-25(33)11-14-40(36,37)38)16-23(28)20-7-5-19(6-8-20)22-15-21(29)9-10-24(22)30/h5-11,14-15,23H,3-4,12-13,16-18H2,1-2H3,(H,31,33)(H2,36,37,38)/b14-11+/t23-,28?/m0/s1. The SMILES string of the molecule is CCCN(CCC)C(=O)COC(=O)CC1(NC(=O)/C=C/P(=O)(O)O)C[C@H]1c1ccc(-c2cc(Cl)ccc2F)cc1. The maximum atomic E-state index is 14.3. The van der Waals surface area contributed by atoms with Crippen molar-refractivity contribution in [2.75, 3.05) is 19.7 Å². The minimum absolute atomic E-state index is 0.257. The number of hydrogen-bond donors (Lipinski definition) is 3. The molecule has 2 aromatic carbocycles. The Morgan fingerprint density at radius 1 is 1.15 bits per heavy atom. The van der Waals surface area contributed by atoms with Crippen molar-refractivity contribution >= 4 is 37.0 Å². The van der Waals surface area contributed by atoms with E-state index in [1.807, 2.05) is 13.8 Å². The van der Waals surface area contributed by atoms with Gasteiger partial charge < -0.3 is 24.7 Å². The molecule has 0 spiro atoms. The molecule has 2 amide bonds. The molecular formula is C28H33ClFN2O7P. The third-order valence-electron chi connectivity index (χ3n) is 6.58. The van der Waals surface area contributed by atoms with E-state index in [9.17, 15) is 23.3 Å². The molecule has 2 aromatic rings. The van der Waals surface area contributed by atoms with Crippen LogP contribution < -0.4 is 5.32 Å². The van der Waals surface area contributed by atoms with E-state index in [0.717, 1.165) is 24.5 Å². The summed E-state index contributed by atoms with van der Waals surface area (Å²) >= 11 is 6.01. The van der Waals surface area contributed by atoms with Crippen molar-refractivity contribution in [2.45, 2.75) is 51.0 Å². The van der Waals surface area contributed by atoms with Crippen LogP contribution in [0.25, 0.3) is 11.1 Å². The van der Waals surface area contributed by atoms with Crippen LogP contribution in [0.15, 0.2) is 54.4 Å². The van der Waals surface area contributed by atoms with Crippen molar-refractivity contribution in [2.24, 2.45) is 0 Å². The number of carbonyl (C=O) groups excluding carboxylic acids is 3. The lowest BCUT2D eigenvalue weighted by atomic mass is 9.99. The van der Waals surface area contributed by atoms with Gasteiger partial charge in [0, 0.05) is 41.5 Å². The van der Waals surface area contributed by atoms with E-state index in [0.29, 0.717) is 41.5 Å². The van der Waals surface area contributed by atoms with E-state index in [4.69, 9.17) is 26.1 Å². The molecule has 0 aliphatic heterocycles. The minimum Gasteiger partial charge on any atom is -0.455 e. The van der Waals surface area contributed by atoms with E-state index in [1.165, 1.54) is 18.2 Å². The Kier molecular flexibility index (Phi) is 10.7. The van der Waals surface area contributed by atoms with E-state index < -0.39 is 37.4 Å². The van der Waals surface area contributed by atoms with Crippen LogP contribution in [-0.2, 0) is 23.7 Å². The molecule has 2 atom stereocenters. The molecule has 0 aromatic heterocycles. The van der Waals surface area contributed by atoms with Crippen molar-refractivity contribution in [1.29, 1.82) is 0 Å². The third kappa shape index (κ3) is 8.73. The summed E-state index contributed by atoms with van der Waals surface area (Å²) in [5, 5.41) is 3.08. The van der Waals surface area contributed by atoms with Crippen LogP contribution in [0.4, 0.5) is 4.39 Å². The van der Waals surface area contributed by atoms with Crippen LogP contribution in [0.3, 0.4) is 0 Å². The molecule has 0 bridgehead atoms. The molecule has 0 radical (unpaired) electrons. The first-order chi connectivity index (χ1) is 18.9. The van der Waals surface area contributed by atoms with E-state index in [-0.39, 0.29) is 18.2 Å². The Balaban J connectivity index is 1.76. The first-order valence-electron chi connectivity index (χ1n) is 12.9. The van der Waals surface area contributed by atoms with Gasteiger partial charge >= 0.3 is 13.6 Å². The van der Waals surface area contributed by atoms with E-state index >= 15 is 0 Å². The number of carbonyl (C=O) groups is 3. The van der Waals surface area contributed by atoms with Crippen LogP contribution in [0.2, 0.25) is 5.02 Å². The number of halogens is 2. The molecule has 40 heavy (non-hydrogen) atoms. The van der Waals surface area contributed by atoms with Crippen LogP contribution in [-0.4, -0.2) is 57.7 Å². The molecule has 12 heteroatoms. The van der Waals surface area contributed by atoms with Crippen LogP contribution in [0.1, 0.15) is 51.0 Å². The summed E-state index contributed by atoms with van der Waals surface area (Å²) in [5.74, 6) is -2.08. The molecule has 1 unspecified atom stereocenters. The van der Waals surface area contributed by atoms with Gasteiger partial charge in [0.1, 0.15) is 5.82 Å². The predicted octanol–water partition coefficient (Wildman–Crippen LogP) is 4.76. The maximum Gasteiger partial charge on any atom is 0.349 e. The van der Waals surface area contributed by atoms with Gasteiger partial charge in [0.05, 0.1) is 12.0 Å². The Labute approximate surface area is 237 Å². The molecular weight excluding hydrogens is 562 g/mol. The van der Waals surface area contributed by atoms with Gasteiger partial charge in [0.15, 0.2) is 6.61 Å². The van der Waals surface area contributed by atoms with Crippen molar-refractivity contribution in [1.82, 2.24) is 10.2 Å². The number of rotatable bonds is 13. The second-order valence-electron chi connectivity index (χ2n) is 9.77. The van der Waals surface area contributed by atoms with Crippen molar-refractivity contribution < 1.29 is 37.9 Å². The predicted molar refractivity (Wildman–Crippen MR) is 149 cm³/mol. The van der Waals surface area contributed by atoms with Crippen LogP contribution in [0, 0.1) is 5.82 Å². The van der Waals surface area contributed by atoms with Gasteiger partial charge in [-0.1, -0.05) is 49.7 Å². The van der Waals surface area contributed by atoms with Gasteiger partial charge in [-0.2, -0.15) is 0 Å².